The van der Waals surface area contributed by atoms with Crippen molar-refractivity contribution in [1.82, 2.24) is 14.5 Å². The molecule has 8 aromatic carbocycles. The molecule has 2 heterocycles. The largest absolute Gasteiger partial charge is 0.278 e. The van der Waals surface area contributed by atoms with E-state index in [1.54, 1.807) is 0 Å². The van der Waals surface area contributed by atoms with E-state index >= 15 is 0 Å². The average Bonchev–Trinajstić information content (AvgIpc) is 3.71. The number of hydrogen-bond donors (Lipinski definition) is 0. The normalized spacial score (nSPS) is 13.5. The molecule has 0 atom stereocenters. The van der Waals surface area contributed by atoms with Crippen molar-refractivity contribution in [3.8, 4) is 39.5 Å². The van der Waals surface area contributed by atoms with Crippen LogP contribution in [0.4, 0.5) is 0 Å². The van der Waals surface area contributed by atoms with Crippen molar-refractivity contribution in [2.45, 2.75) is 5.41 Å². The van der Waals surface area contributed by atoms with Crippen LogP contribution in [-0.4, -0.2) is 14.5 Å². The number of nitrogens with zero attached hydrogens (tertiary/aromatic N) is 3. The lowest BCUT2D eigenvalue weighted by atomic mass is 9.62. The van der Waals surface area contributed by atoms with Crippen LogP contribution in [0.15, 0.2) is 176 Å². The predicted octanol–water partition coefficient (Wildman–Crippen LogP) is 11.9. The Bertz CT molecular complexity index is 3070. The molecular weight excluding hydrogens is 631 g/mol. The highest BCUT2D eigenvalue weighted by molar-refractivity contribution is 6.27. The van der Waals surface area contributed by atoms with Gasteiger partial charge in [-0.2, -0.15) is 0 Å². The second-order valence-corrected chi connectivity index (χ2v) is 14.1. The Balaban J connectivity index is 1.28. The fraction of sp³-hybridized carbons (Fsp3) is 0.0204. The van der Waals surface area contributed by atoms with Crippen LogP contribution in [0.1, 0.15) is 22.3 Å². The molecule has 2 aliphatic carbocycles. The van der Waals surface area contributed by atoms with Gasteiger partial charge in [-0.3, -0.25) is 4.57 Å². The van der Waals surface area contributed by atoms with Gasteiger partial charge in [-0.25, -0.2) is 9.97 Å². The molecule has 0 amide bonds. The zero-order chi connectivity index (χ0) is 34.0. The first kappa shape index (κ1) is 27.9. The lowest BCUT2D eigenvalue weighted by Crippen LogP contribution is -2.30. The lowest BCUT2D eigenvalue weighted by Gasteiger charge is -2.38. The monoisotopic (exact) mass is 659 g/mol. The quantitative estimate of drug-likeness (QED) is 0.189. The molecule has 3 nitrogen and oxygen atoms in total. The molecular formula is C49H29N3. The smallest absolute Gasteiger partial charge is 0.235 e. The van der Waals surface area contributed by atoms with Crippen molar-refractivity contribution in [3.63, 3.8) is 0 Å². The van der Waals surface area contributed by atoms with E-state index in [4.69, 9.17) is 9.97 Å². The van der Waals surface area contributed by atoms with Crippen molar-refractivity contribution >= 4 is 43.5 Å². The summed E-state index contributed by atoms with van der Waals surface area (Å²) in [7, 11) is 0. The van der Waals surface area contributed by atoms with E-state index in [0.717, 1.165) is 33.2 Å². The number of fused-ring (bicyclic) bond motifs is 8. The highest BCUT2D eigenvalue weighted by Gasteiger charge is 2.50. The van der Waals surface area contributed by atoms with E-state index in [2.05, 4.69) is 180 Å². The van der Waals surface area contributed by atoms with Crippen molar-refractivity contribution < 1.29 is 0 Å². The molecule has 0 fully saturated rings. The summed E-state index contributed by atoms with van der Waals surface area (Å²) in [5, 5.41) is 6.12. The molecule has 0 bridgehead atoms. The third-order valence-electron chi connectivity index (χ3n) is 11.6. The van der Waals surface area contributed by atoms with E-state index in [0.29, 0.717) is 5.95 Å². The molecule has 0 radical (unpaired) electrons. The van der Waals surface area contributed by atoms with Crippen LogP contribution in [0, 0.1) is 0 Å². The van der Waals surface area contributed by atoms with Gasteiger partial charge >= 0.3 is 0 Å². The van der Waals surface area contributed by atoms with E-state index < -0.39 is 5.41 Å². The standard InChI is InChI=1S/C49H29N3/c1-3-14-30(15-4-1)33-28-32-26-27-43-46-44(32)40(29-33)49(37-21-10-7-18-34(37)35-19-8-11-22-38(35)49)39-23-13-25-42(45(39)46)52(43)48-50-41-24-12-9-20-36(41)47(51-48)31-16-5-2-6-17-31/h1-29H. The lowest BCUT2D eigenvalue weighted by molar-refractivity contribution is 0.783. The molecule has 0 saturated heterocycles. The Hall–Kier alpha value is -6.84. The third-order valence-corrected chi connectivity index (χ3v) is 11.6. The van der Waals surface area contributed by atoms with E-state index in [9.17, 15) is 0 Å². The zero-order valence-corrected chi connectivity index (χ0v) is 28.1. The van der Waals surface area contributed by atoms with Crippen LogP contribution in [0.3, 0.4) is 0 Å². The summed E-state index contributed by atoms with van der Waals surface area (Å²) in [5.74, 6) is 0.680. The molecule has 0 N–H and O–H groups in total. The van der Waals surface area contributed by atoms with Crippen LogP contribution in [0.5, 0.6) is 0 Å². The highest BCUT2D eigenvalue weighted by atomic mass is 15.2. The molecule has 2 aliphatic rings. The van der Waals surface area contributed by atoms with Crippen molar-refractivity contribution in [1.29, 1.82) is 0 Å². The van der Waals surface area contributed by atoms with E-state index in [-0.39, 0.29) is 0 Å². The van der Waals surface area contributed by atoms with Gasteiger partial charge in [0, 0.05) is 21.7 Å². The number of rotatable bonds is 3. The first-order chi connectivity index (χ1) is 25.8. The molecule has 0 saturated carbocycles. The molecule has 3 heteroatoms. The minimum atomic E-state index is -0.511. The number of para-hydroxylation sites is 1. The average molecular weight is 660 g/mol. The summed E-state index contributed by atoms with van der Waals surface area (Å²) >= 11 is 0. The Morgan fingerprint density at radius 1 is 0.404 bits per heavy atom. The topological polar surface area (TPSA) is 30.7 Å². The van der Waals surface area contributed by atoms with Crippen LogP contribution < -0.4 is 0 Å². The molecule has 12 rings (SSSR count). The molecule has 52 heavy (non-hydrogen) atoms. The van der Waals surface area contributed by atoms with E-state index in [1.165, 1.54) is 66.1 Å². The fourth-order valence-electron chi connectivity index (χ4n) is 9.58. The Morgan fingerprint density at radius 2 is 1.04 bits per heavy atom. The first-order valence-corrected chi connectivity index (χ1v) is 17.9. The van der Waals surface area contributed by atoms with Gasteiger partial charge in [0.2, 0.25) is 5.95 Å². The second kappa shape index (κ2) is 10.1. The van der Waals surface area contributed by atoms with Gasteiger partial charge in [0.25, 0.3) is 0 Å². The summed E-state index contributed by atoms with van der Waals surface area (Å²) < 4.78 is 2.31. The van der Waals surface area contributed by atoms with Crippen LogP contribution >= 0.6 is 0 Å². The molecule has 1 spiro atoms. The van der Waals surface area contributed by atoms with Gasteiger partial charge in [-0.1, -0.05) is 146 Å². The maximum Gasteiger partial charge on any atom is 0.235 e. The summed E-state index contributed by atoms with van der Waals surface area (Å²) in [5.41, 5.74) is 15.0. The van der Waals surface area contributed by atoms with Gasteiger partial charge in [0.05, 0.1) is 27.7 Å². The van der Waals surface area contributed by atoms with Gasteiger partial charge in [-0.05, 0) is 85.6 Å². The maximum absolute atomic E-state index is 5.41. The molecule has 240 valence electrons. The minimum absolute atomic E-state index is 0.511. The van der Waals surface area contributed by atoms with Crippen molar-refractivity contribution in [2.75, 3.05) is 0 Å². The Morgan fingerprint density at radius 3 is 1.81 bits per heavy atom. The third kappa shape index (κ3) is 3.45. The van der Waals surface area contributed by atoms with Crippen molar-refractivity contribution in [3.05, 3.63) is 198 Å². The molecule has 0 aliphatic heterocycles. The Labute approximate surface area is 300 Å². The van der Waals surface area contributed by atoms with Crippen molar-refractivity contribution in [2.24, 2.45) is 0 Å². The second-order valence-electron chi connectivity index (χ2n) is 14.1. The Kier molecular flexibility index (Phi) is 5.43. The fourth-order valence-corrected chi connectivity index (χ4v) is 9.58. The minimum Gasteiger partial charge on any atom is -0.278 e. The van der Waals surface area contributed by atoms with E-state index in [1.807, 2.05) is 0 Å². The summed E-state index contributed by atoms with van der Waals surface area (Å²) in [6.07, 6.45) is 0. The van der Waals surface area contributed by atoms with Gasteiger partial charge < -0.3 is 0 Å². The number of aromatic nitrogens is 3. The SMILES string of the molecule is c1ccc(-c2cc3c4c(ccc5c4c4c(cccc4n5-c4nc(-c5ccccc5)c5ccccc5n4)C34c3ccccc3-c3ccccc34)c2)cc1. The molecule has 0 unspecified atom stereocenters. The highest BCUT2D eigenvalue weighted by Crippen LogP contribution is 2.62. The van der Waals surface area contributed by atoms with Gasteiger partial charge in [0.15, 0.2) is 0 Å². The van der Waals surface area contributed by atoms with Crippen LogP contribution in [0.2, 0.25) is 0 Å². The number of benzene rings is 8. The van der Waals surface area contributed by atoms with Gasteiger partial charge in [-0.15, -0.1) is 0 Å². The van der Waals surface area contributed by atoms with Crippen LogP contribution in [0.25, 0.3) is 82.9 Å². The van der Waals surface area contributed by atoms with Gasteiger partial charge in [0.1, 0.15) is 0 Å². The summed E-state index contributed by atoms with van der Waals surface area (Å²) in [4.78, 5) is 10.7. The van der Waals surface area contributed by atoms with Crippen LogP contribution in [-0.2, 0) is 5.41 Å². The summed E-state index contributed by atoms with van der Waals surface area (Å²) in [6.45, 7) is 0. The number of hydrogen-bond acceptors (Lipinski definition) is 2. The predicted molar refractivity (Wildman–Crippen MR) is 213 cm³/mol. The zero-order valence-electron chi connectivity index (χ0n) is 28.1. The first-order valence-electron chi connectivity index (χ1n) is 17.9. The molecule has 2 aromatic heterocycles. The molecule has 10 aromatic rings. The maximum atomic E-state index is 5.41. The summed E-state index contributed by atoms with van der Waals surface area (Å²) in [6, 6.07) is 64.1.